The summed E-state index contributed by atoms with van der Waals surface area (Å²) in [6, 6.07) is 5.32. The van der Waals surface area contributed by atoms with Crippen LogP contribution in [-0.2, 0) is 25.3 Å². The molecule has 0 spiro atoms. The van der Waals surface area contributed by atoms with Crippen molar-refractivity contribution < 1.29 is 51.0 Å². The highest BCUT2D eigenvalue weighted by Gasteiger charge is 2.86. The number of benzene rings is 1. The summed E-state index contributed by atoms with van der Waals surface area (Å²) in [7, 11) is 1.55. The summed E-state index contributed by atoms with van der Waals surface area (Å²) in [5.74, 6) is -25.4. The van der Waals surface area contributed by atoms with Crippen LogP contribution >= 0.6 is 0 Å². The molecule has 0 saturated carbocycles. The Morgan fingerprint density at radius 1 is 0.974 bits per heavy atom. The van der Waals surface area contributed by atoms with Crippen molar-refractivity contribution in [3.05, 3.63) is 58.4 Å². The Labute approximate surface area is 225 Å². The van der Waals surface area contributed by atoms with Crippen LogP contribution in [0.4, 0.5) is 35.1 Å². The molecule has 0 unspecified atom stereocenters. The van der Waals surface area contributed by atoms with Crippen LogP contribution in [0.15, 0.2) is 34.9 Å². The first-order valence-electron chi connectivity index (χ1n) is 14.2. The highest BCUT2D eigenvalue weighted by molar-refractivity contribution is 6.11. The number of furan rings is 1. The maximum Gasteiger partial charge on any atom is 0.383 e. The highest BCUT2D eigenvalue weighted by Crippen LogP contribution is 2.66. The average Bonchev–Trinajstić information content (AvgIpc) is 3.24. The SMILES string of the molecule is [2H]C([2H])([2H])c1nc2oc3c(-c4cc(C([2H])([2H])C(C)(C)C)cc[n+]4C)c(C)ccc3c2c2c1C(F)(F)C(F)(F)C(F)(F)C2(F)F. The van der Waals surface area contributed by atoms with E-state index in [0.29, 0.717) is 5.56 Å². The van der Waals surface area contributed by atoms with E-state index in [9.17, 15) is 17.6 Å². The van der Waals surface area contributed by atoms with E-state index < -0.39 is 75.6 Å². The average molecular weight is 563 g/mol. The van der Waals surface area contributed by atoms with Crippen molar-refractivity contribution in [2.75, 3.05) is 0 Å². The lowest BCUT2D eigenvalue weighted by Crippen LogP contribution is -2.64. The van der Waals surface area contributed by atoms with Gasteiger partial charge in [-0.25, -0.2) is 9.55 Å². The second-order valence-corrected chi connectivity index (χ2v) is 10.7. The maximum absolute atomic E-state index is 15.5. The number of nitrogens with zero attached hydrogens (tertiary/aromatic N) is 2. The van der Waals surface area contributed by atoms with Crippen LogP contribution in [-0.4, -0.2) is 16.8 Å². The second kappa shape index (κ2) is 7.91. The minimum absolute atomic E-state index is 0.0849. The topological polar surface area (TPSA) is 29.9 Å². The number of fused-ring (bicyclic) bond motifs is 5. The fourth-order valence-corrected chi connectivity index (χ4v) is 4.94. The van der Waals surface area contributed by atoms with Gasteiger partial charge in [0.05, 0.1) is 27.8 Å². The Kier molecular flexibility index (Phi) is 4.38. The van der Waals surface area contributed by atoms with Gasteiger partial charge in [0.15, 0.2) is 11.8 Å². The van der Waals surface area contributed by atoms with E-state index in [2.05, 4.69) is 4.98 Å². The molecule has 208 valence electrons. The van der Waals surface area contributed by atoms with E-state index in [1.807, 2.05) is 0 Å². The predicted octanol–water partition coefficient (Wildman–Crippen LogP) is 8.15. The molecule has 39 heavy (non-hydrogen) atoms. The van der Waals surface area contributed by atoms with E-state index >= 15 is 17.6 Å². The van der Waals surface area contributed by atoms with Gasteiger partial charge in [0.2, 0.25) is 11.4 Å². The molecule has 1 aromatic carbocycles. The Morgan fingerprint density at radius 3 is 2.18 bits per heavy atom. The molecule has 4 aromatic rings. The van der Waals surface area contributed by atoms with Crippen molar-refractivity contribution >= 4 is 22.1 Å². The Balaban J connectivity index is 1.99. The lowest BCUT2D eigenvalue weighted by Gasteiger charge is -2.43. The van der Waals surface area contributed by atoms with Crippen LogP contribution < -0.4 is 4.57 Å². The summed E-state index contributed by atoms with van der Waals surface area (Å²) >= 11 is 0. The van der Waals surface area contributed by atoms with E-state index in [4.69, 9.17) is 11.3 Å². The van der Waals surface area contributed by atoms with Crippen molar-refractivity contribution in [1.82, 2.24) is 4.98 Å². The molecule has 11 heteroatoms. The number of alkyl halides is 8. The van der Waals surface area contributed by atoms with E-state index in [1.54, 1.807) is 34.7 Å². The van der Waals surface area contributed by atoms with Crippen LogP contribution in [0.5, 0.6) is 0 Å². The summed E-state index contributed by atoms with van der Waals surface area (Å²) < 4.78 is 167. The normalized spacial score (nSPS) is 22.0. The zero-order chi connectivity index (χ0) is 33.4. The highest BCUT2D eigenvalue weighted by atomic mass is 19.4. The third-order valence-corrected chi connectivity index (χ3v) is 6.73. The molecule has 0 saturated heterocycles. The zero-order valence-electron chi connectivity index (χ0n) is 26.2. The molecule has 0 aliphatic heterocycles. The standard InChI is InChI=1S/C28H25F8N2O/c1-13-7-8-16-19-21-20(25(29,30)27(33,34)28(35,36)26(21,31)32)14(2)37-23(19)39-22(16)18(13)17-11-15(9-10-38(17)6)12-24(3,4)5/h7-11H,12H2,1-6H3/q+1/i2D3,12D2. The summed E-state index contributed by atoms with van der Waals surface area (Å²) in [6.45, 7) is 2.71. The van der Waals surface area contributed by atoms with E-state index in [0.717, 1.165) is 6.07 Å². The number of hydrogen-bond donors (Lipinski definition) is 0. The molecule has 0 atom stereocenters. The van der Waals surface area contributed by atoms with Gasteiger partial charge in [0, 0.05) is 24.4 Å². The molecule has 0 radical (unpaired) electrons. The van der Waals surface area contributed by atoms with Gasteiger partial charge in [-0.05, 0) is 36.7 Å². The number of hydrogen-bond acceptors (Lipinski definition) is 2. The third kappa shape index (κ3) is 3.53. The molecule has 1 aliphatic carbocycles. The summed E-state index contributed by atoms with van der Waals surface area (Å²) in [6.07, 6.45) is -0.412. The fraction of sp³-hybridized carbons (Fsp3) is 0.429. The molecule has 0 N–H and O–H groups in total. The Bertz CT molecular complexity index is 1860. The van der Waals surface area contributed by atoms with Gasteiger partial charge in [0.25, 0.3) is 0 Å². The molecular weight excluding hydrogens is 532 g/mol. The lowest BCUT2D eigenvalue weighted by atomic mass is 9.78. The van der Waals surface area contributed by atoms with Crippen LogP contribution in [0.2, 0.25) is 0 Å². The summed E-state index contributed by atoms with van der Waals surface area (Å²) in [4.78, 5) is 3.46. The first-order valence-corrected chi connectivity index (χ1v) is 11.7. The van der Waals surface area contributed by atoms with Gasteiger partial charge in [0.1, 0.15) is 7.05 Å². The van der Waals surface area contributed by atoms with Gasteiger partial charge in [-0.2, -0.15) is 35.1 Å². The molecule has 0 fully saturated rings. The van der Waals surface area contributed by atoms with E-state index in [-0.39, 0.29) is 22.4 Å². The van der Waals surface area contributed by atoms with Crippen LogP contribution in [0.25, 0.3) is 33.3 Å². The number of aromatic nitrogens is 2. The van der Waals surface area contributed by atoms with Crippen molar-refractivity contribution in [3.8, 4) is 11.3 Å². The van der Waals surface area contributed by atoms with Gasteiger partial charge >= 0.3 is 23.7 Å². The predicted molar refractivity (Wildman–Crippen MR) is 128 cm³/mol. The van der Waals surface area contributed by atoms with Crippen molar-refractivity contribution in [2.45, 2.75) is 64.6 Å². The lowest BCUT2D eigenvalue weighted by molar-refractivity contribution is -0.660. The molecule has 0 bridgehead atoms. The van der Waals surface area contributed by atoms with Gasteiger partial charge in [-0.3, -0.25) is 0 Å². The molecule has 3 nitrogen and oxygen atoms in total. The molecule has 1 aliphatic rings. The number of aryl methyl sites for hydroxylation is 3. The molecule has 3 heterocycles. The Hall–Kier alpha value is -3.24. The molecule has 5 rings (SSSR count). The number of pyridine rings is 2. The number of halogens is 8. The minimum atomic E-state index is -6.69. The largest absolute Gasteiger partial charge is 0.437 e. The first kappa shape index (κ1) is 21.6. The van der Waals surface area contributed by atoms with Crippen molar-refractivity contribution in [1.29, 1.82) is 0 Å². The van der Waals surface area contributed by atoms with Crippen LogP contribution in [0.1, 0.15) is 55.6 Å². The van der Waals surface area contributed by atoms with Gasteiger partial charge in [-0.15, -0.1) is 0 Å². The van der Waals surface area contributed by atoms with Crippen molar-refractivity contribution in [2.24, 2.45) is 12.5 Å². The number of rotatable bonds is 2. The molecular formula is C28H25F8N2O+. The quantitative estimate of drug-likeness (QED) is 0.182. The van der Waals surface area contributed by atoms with Gasteiger partial charge in [-0.1, -0.05) is 32.9 Å². The second-order valence-electron chi connectivity index (χ2n) is 10.7. The van der Waals surface area contributed by atoms with Crippen LogP contribution in [0.3, 0.4) is 0 Å². The monoisotopic (exact) mass is 562 g/mol. The maximum atomic E-state index is 15.5. The van der Waals surface area contributed by atoms with Crippen LogP contribution in [0, 0.1) is 19.2 Å². The fourth-order valence-electron chi connectivity index (χ4n) is 4.94. The van der Waals surface area contributed by atoms with Crippen molar-refractivity contribution in [3.63, 3.8) is 0 Å². The Morgan fingerprint density at radius 2 is 1.59 bits per heavy atom. The summed E-state index contributed by atoms with van der Waals surface area (Å²) in [5, 5.41) is -1.67. The molecule has 0 amide bonds. The molecule has 3 aromatic heterocycles. The third-order valence-electron chi connectivity index (χ3n) is 6.73. The smallest absolute Gasteiger partial charge is 0.383 e. The van der Waals surface area contributed by atoms with E-state index in [1.165, 1.54) is 29.0 Å². The first-order chi connectivity index (χ1) is 19.7. The minimum Gasteiger partial charge on any atom is -0.437 e. The van der Waals surface area contributed by atoms with Gasteiger partial charge < -0.3 is 4.42 Å². The zero-order valence-corrected chi connectivity index (χ0v) is 21.2. The summed E-state index contributed by atoms with van der Waals surface area (Å²) in [5.41, 5.74) is -8.21.